The number of nitrogens with zero attached hydrogens (tertiary/aromatic N) is 1. The summed E-state index contributed by atoms with van der Waals surface area (Å²) >= 11 is 1.08. The third-order valence-electron chi connectivity index (χ3n) is 2.00. The van der Waals surface area contributed by atoms with Gasteiger partial charge in [-0.05, 0) is 12.1 Å². The van der Waals surface area contributed by atoms with E-state index < -0.39 is 7.12 Å². The molecule has 1 aromatic heterocycles. The fourth-order valence-electron chi connectivity index (χ4n) is 1.20. The van der Waals surface area contributed by atoms with Gasteiger partial charge in [-0.1, -0.05) is 17.4 Å². The van der Waals surface area contributed by atoms with E-state index in [9.17, 15) is 0 Å². The van der Waals surface area contributed by atoms with Gasteiger partial charge in [0.05, 0.1) is 11.9 Å². The number of hydrogen-bond acceptors (Lipinski definition) is 6. The van der Waals surface area contributed by atoms with Crippen LogP contribution in [-0.2, 0) is 0 Å². The van der Waals surface area contributed by atoms with Crippen molar-refractivity contribution in [2.24, 2.45) is 0 Å². The molecule has 1 aromatic carbocycles. The van der Waals surface area contributed by atoms with E-state index in [4.69, 9.17) is 19.5 Å². The molecule has 0 aliphatic heterocycles. The van der Waals surface area contributed by atoms with Crippen molar-refractivity contribution in [2.45, 2.75) is 0 Å². The molecule has 0 aliphatic rings. The largest absolute Gasteiger partial charge is 0.500 e. The smallest absolute Gasteiger partial charge is 0.497 e. The SMILES string of the molecule is COc1cccc(Oc2ncc(B(O)O)s2)c1. The van der Waals surface area contributed by atoms with Gasteiger partial charge in [-0.25, -0.2) is 4.98 Å². The molecule has 0 aliphatic carbocycles. The van der Waals surface area contributed by atoms with Crippen molar-refractivity contribution in [1.29, 1.82) is 0 Å². The third kappa shape index (κ3) is 2.97. The molecule has 2 N–H and O–H groups in total. The number of aromatic nitrogens is 1. The van der Waals surface area contributed by atoms with Crippen LogP contribution in [0.3, 0.4) is 0 Å². The summed E-state index contributed by atoms with van der Waals surface area (Å²) in [7, 11) is 0.0538. The lowest BCUT2D eigenvalue weighted by atomic mass is 9.91. The highest BCUT2D eigenvalue weighted by molar-refractivity contribution is 7.23. The second-order valence-corrected chi connectivity index (χ2v) is 4.21. The molecular weight excluding hydrogens is 241 g/mol. The highest BCUT2D eigenvalue weighted by atomic mass is 32.1. The summed E-state index contributed by atoms with van der Waals surface area (Å²) < 4.78 is 10.9. The number of thiazole rings is 1. The average Bonchev–Trinajstić information content (AvgIpc) is 2.78. The lowest BCUT2D eigenvalue weighted by Crippen LogP contribution is -2.26. The summed E-state index contributed by atoms with van der Waals surface area (Å²) in [5.41, 5.74) is 0. The molecule has 0 fully saturated rings. The Morgan fingerprint density at radius 2 is 2.06 bits per heavy atom. The maximum Gasteiger partial charge on any atom is 0.500 e. The van der Waals surface area contributed by atoms with E-state index in [-0.39, 0.29) is 0 Å². The van der Waals surface area contributed by atoms with E-state index in [1.54, 1.807) is 31.4 Å². The van der Waals surface area contributed by atoms with Crippen LogP contribution in [0.15, 0.2) is 30.5 Å². The molecule has 17 heavy (non-hydrogen) atoms. The molecule has 0 bridgehead atoms. The van der Waals surface area contributed by atoms with Crippen molar-refractivity contribution in [3.63, 3.8) is 0 Å². The normalized spacial score (nSPS) is 10.1. The van der Waals surface area contributed by atoms with Crippen LogP contribution < -0.4 is 14.3 Å². The van der Waals surface area contributed by atoms with Crippen molar-refractivity contribution in [2.75, 3.05) is 7.11 Å². The predicted octanol–water partition coefficient (Wildman–Crippen LogP) is 0.624. The lowest BCUT2D eigenvalue weighted by molar-refractivity contribution is 0.409. The van der Waals surface area contributed by atoms with Crippen LogP contribution in [0.5, 0.6) is 16.7 Å². The van der Waals surface area contributed by atoms with Crippen molar-refractivity contribution < 1.29 is 19.5 Å². The number of hydrogen-bond donors (Lipinski definition) is 2. The number of rotatable bonds is 4. The fourth-order valence-corrected chi connectivity index (χ4v) is 1.86. The molecule has 0 atom stereocenters. The van der Waals surface area contributed by atoms with E-state index in [1.807, 2.05) is 0 Å². The van der Waals surface area contributed by atoms with Gasteiger partial charge in [-0.3, -0.25) is 0 Å². The summed E-state index contributed by atoms with van der Waals surface area (Å²) in [4.78, 5) is 3.92. The van der Waals surface area contributed by atoms with Crippen LogP contribution >= 0.6 is 11.3 Å². The molecular formula is C10H10BNO4S. The van der Waals surface area contributed by atoms with Crippen LogP contribution in [0.1, 0.15) is 0 Å². The van der Waals surface area contributed by atoms with E-state index >= 15 is 0 Å². The van der Waals surface area contributed by atoms with Crippen LogP contribution in [-0.4, -0.2) is 29.3 Å². The number of methoxy groups -OCH3 is 1. The van der Waals surface area contributed by atoms with Crippen molar-refractivity contribution in [3.8, 4) is 16.7 Å². The van der Waals surface area contributed by atoms with E-state index in [0.717, 1.165) is 11.3 Å². The Labute approximate surface area is 102 Å². The predicted molar refractivity (Wildman–Crippen MR) is 65.0 cm³/mol. The molecule has 2 aromatic rings. The molecule has 5 nitrogen and oxygen atoms in total. The summed E-state index contributed by atoms with van der Waals surface area (Å²) in [5, 5.41) is 18.2. The first-order valence-corrected chi connectivity index (χ1v) is 5.64. The first-order chi connectivity index (χ1) is 8.19. The molecule has 0 amide bonds. The third-order valence-corrected chi connectivity index (χ3v) is 2.92. The van der Waals surface area contributed by atoms with Gasteiger partial charge in [0, 0.05) is 12.3 Å². The Bertz CT molecular complexity index is 503. The second kappa shape index (κ2) is 5.18. The lowest BCUT2D eigenvalue weighted by Gasteiger charge is -2.03. The van der Waals surface area contributed by atoms with E-state index in [1.165, 1.54) is 6.20 Å². The molecule has 1 heterocycles. The minimum absolute atomic E-state index is 0.336. The van der Waals surface area contributed by atoms with Gasteiger partial charge in [-0.2, -0.15) is 0 Å². The fraction of sp³-hybridized carbons (Fsp3) is 0.100. The molecule has 0 spiro atoms. The van der Waals surface area contributed by atoms with Crippen LogP contribution in [0.2, 0.25) is 0 Å². The number of benzene rings is 1. The highest BCUT2D eigenvalue weighted by Crippen LogP contribution is 2.25. The van der Waals surface area contributed by atoms with Gasteiger partial charge < -0.3 is 19.5 Å². The summed E-state index contributed by atoms with van der Waals surface area (Å²) in [6, 6.07) is 7.08. The molecule has 0 saturated heterocycles. The van der Waals surface area contributed by atoms with Crippen molar-refractivity contribution in [1.82, 2.24) is 4.98 Å². The van der Waals surface area contributed by atoms with Crippen LogP contribution in [0.4, 0.5) is 0 Å². The van der Waals surface area contributed by atoms with Gasteiger partial charge in [-0.15, -0.1) is 0 Å². The van der Waals surface area contributed by atoms with E-state index in [2.05, 4.69) is 4.98 Å². The maximum atomic E-state index is 8.94. The zero-order valence-corrected chi connectivity index (χ0v) is 9.85. The van der Waals surface area contributed by atoms with Crippen molar-refractivity contribution in [3.05, 3.63) is 30.5 Å². The van der Waals surface area contributed by atoms with Crippen LogP contribution in [0.25, 0.3) is 0 Å². The maximum absolute atomic E-state index is 8.94. The Hall–Kier alpha value is -1.57. The Balaban J connectivity index is 2.13. The minimum Gasteiger partial charge on any atom is -0.497 e. The van der Waals surface area contributed by atoms with Gasteiger partial charge in [0.2, 0.25) is 0 Å². The first-order valence-electron chi connectivity index (χ1n) is 4.83. The van der Waals surface area contributed by atoms with Crippen LogP contribution in [0, 0.1) is 0 Å². The molecule has 0 unspecified atom stereocenters. The zero-order chi connectivity index (χ0) is 12.3. The Morgan fingerprint density at radius 1 is 1.29 bits per heavy atom. The second-order valence-electron chi connectivity index (χ2n) is 3.18. The topological polar surface area (TPSA) is 71.8 Å². The Morgan fingerprint density at radius 3 is 2.71 bits per heavy atom. The van der Waals surface area contributed by atoms with Gasteiger partial charge in [0.15, 0.2) is 0 Å². The average molecular weight is 251 g/mol. The molecule has 2 rings (SSSR count). The summed E-state index contributed by atoms with van der Waals surface area (Å²) in [6.45, 7) is 0. The van der Waals surface area contributed by atoms with E-state index in [0.29, 0.717) is 21.5 Å². The highest BCUT2D eigenvalue weighted by Gasteiger charge is 2.15. The molecule has 88 valence electrons. The quantitative estimate of drug-likeness (QED) is 0.779. The van der Waals surface area contributed by atoms with Crippen molar-refractivity contribution >= 4 is 23.2 Å². The minimum atomic E-state index is -1.52. The summed E-state index contributed by atoms with van der Waals surface area (Å²) in [5.74, 6) is 1.26. The molecule has 0 saturated carbocycles. The van der Waals surface area contributed by atoms with Gasteiger partial charge in [0.1, 0.15) is 11.5 Å². The summed E-state index contributed by atoms with van der Waals surface area (Å²) in [6.07, 6.45) is 1.37. The van der Waals surface area contributed by atoms with Gasteiger partial charge >= 0.3 is 7.12 Å². The van der Waals surface area contributed by atoms with Gasteiger partial charge in [0.25, 0.3) is 5.19 Å². The molecule has 7 heteroatoms. The Kier molecular flexibility index (Phi) is 3.63. The zero-order valence-electron chi connectivity index (χ0n) is 9.03. The first kappa shape index (κ1) is 11.9. The standard InChI is InChI=1S/C10H10BNO4S/c1-15-7-3-2-4-8(5-7)16-10-12-6-9(17-10)11(13)14/h2-6,13-14H,1H3. The number of ether oxygens (including phenoxy) is 2. The monoisotopic (exact) mass is 251 g/mol. The molecule has 0 radical (unpaired) electrons.